The molecule has 8 aromatic carbocycles. The van der Waals surface area contributed by atoms with Gasteiger partial charge in [-0.1, -0.05) is 152 Å². The highest BCUT2D eigenvalue weighted by molar-refractivity contribution is 7.26. The molecule has 3 heterocycles. The van der Waals surface area contributed by atoms with Gasteiger partial charge in [0.1, 0.15) is 0 Å². The Hall–Kier alpha value is -6.82. The molecule has 0 saturated carbocycles. The third kappa shape index (κ3) is 4.75. The van der Waals surface area contributed by atoms with Crippen LogP contribution in [0.4, 0.5) is 0 Å². The zero-order chi connectivity index (χ0) is 34.9. The lowest BCUT2D eigenvalue weighted by Gasteiger charge is -2.14. The van der Waals surface area contributed by atoms with Crippen LogP contribution in [0.1, 0.15) is 0 Å². The normalized spacial score (nSPS) is 11.8. The van der Waals surface area contributed by atoms with E-state index < -0.39 is 0 Å². The molecule has 11 aromatic rings. The number of thiophene rings is 1. The second kappa shape index (κ2) is 11.9. The van der Waals surface area contributed by atoms with Crippen molar-refractivity contribution in [2.24, 2.45) is 0 Å². The van der Waals surface area contributed by atoms with E-state index in [0.29, 0.717) is 17.5 Å². The summed E-state index contributed by atoms with van der Waals surface area (Å²) in [5.41, 5.74) is 5.65. The van der Waals surface area contributed by atoms with Gasteiger partial charge in [0.2, 0.25) is 0 Å². The molecule has 53 heavy (non-hydrogen) atoms. The van der Waals surface area contributed by atoms with Crippen LogP contribution in [0.5, 0.6) is 0 Å². The van der Waals surface area contributed by atoms with Crippen LogP contribution in [0.3, 0.4) is 0 Å². The molecule has 4 nitrogen and oxygen atoms in total. The van der Waals surface area contributed by atoms with Gasteiger partial charge in [-0.3, -0.25) is 0 Å². The average Bonchev–Trinajstić information content (AvgIpc) is 3.64. The molecule has 0 aliphatic heterocycles. The molecule has 0 radical (unpaired) electrons. The van der Waals surface area contributed by atoms with Crippen molar-refractivity contribution in [3.63, 3.8) is 0 Å². The van der Waals surface area contributed by atoms with Crippen LogP contribution in [0.25, 0.3) is 109 Å². The molecule has 0 aliphatic carbocycles. The summed E-state index contributed by atoms with van der Waals surface area (Å²) >= 11 is 1.82. The topological polar surface area (TPSA) is 51.6 Å². The van der Waals surface area contributed by atoms with Gasteiger partial charge in [-0.05, 0) is 50.5 Å². The molecule has 3 aromatic heterocycles. The van der Waals surface area contributed by atoms with Crippen molar-refractivity contribution in [2.75, 3.05) is 0 Å². The van der Waals surface area contributed by atoms with Crippen LogP contribution in [0, 0.1) is 0 Å². The van der Waals surface area contributed by atoms with Gasteiger partial charge < -0.3 is 0 Å². The smallest absolute Gasteiger partial charge is 0.166 e. The number of rotatable bonds is 4. The number of nitrogens with zero attached hydrogens (tertiary/aromatic N) is 4. The van der Waals surface area contributed by atoms with E-state index >= 15 is 0 Å². The zero-order valence-corrected chi connectivity index (χ0v) is 29.2. The molecule has 0 bridgehead atoms. The van der Waals surface area contributed by atoms with E-state index in [2.05, 4.69) is 109 Å². The molecule has 0 atom stereocenters. The van der Waals surface area contributed by atoms with Gasteiger partial charge in [-0.15, -0.1) is 11.3 Å². The monoisotopic (exact) mass is 692 g/mol. The summed E-state index contributed by atoms with van der Waals surface area (Å²) in [5, 5.41) is 10.9. The molecule has 0 aliphatic rings. The Balaban J connectivity index is 1.23. The van der Waals surface area contributed by atoms with Gasteiger partial charge in [-0.2, -0.15) is 0 Å². The lowest BCUT2D eigenvalue weighted by atomic mass is 9.92. The number of fused-ring (bicyclic) bond motifs is 11. The summed E-state index contributed by atoms with van der Waals surface area (Å²) < 4.78 is 2.44. The molecule has 0 spiro atoms. The maximum Gasteiger partial charge on any atom is 0.166 e. The van der Waals surface area contributed by atoms with E-state index in [-0.39, 0.29) is 0 Å². The predicted molar refractivity (Wildman–Crippen MR) is 222 cm³/mol. The maximum atomic E-state index is 5.63. The lowest BCUT2D eigenvalue weighted by Crippen LogP contribution is -2.01. The van der Waals surface area contributed by atoms with E-state index in [1.165, 1.54) is 52.5 Å². The Morgan fingerprint density at radius 1 is 0.340 bits per heavy atom. The molecule has 0 saturated heterocycles. The van der Waals surface area contributed by atoms with Crippen molar-refractivity contribution in [1.29, 1.82) is 0 Å². The fraction of sp³-hybridized carbons (Fsp3) is 0. The molecule has 5 heteroatoms. The van der Waals surface area contributed by atoms with Crippen LogP contribution in [-0.2, 0) is 0 Å². The Morgan fingerprint density at radius 3 is 1.49 bits per heavy atom. The minimum atomic E-state index is 0.596. The first-order valence-corrected chi connectivity index (χ1v) is 18.5. The van der Waals surface area contributed by atoms with Crippen molar-refractivity contribution in [3.05, 3.63) is 170 Å². The van der Waals surface area contributed by atoms with E-state index in [1.807, 2.05) is 72.0 Å². The minimum absolute atomic E-state index is 0.596. The van der Waals surface area contributed by atoms with Crippen LogP contribution in [0.2, 0.25) is 0 Å². The Kier molecular flexibility index (Phi) is 6.69. The summed E-state index contributed by atoms with van der Waals surface area (Å²) in [5.74, 6) is 1.85. The van der Waals surface area contributed by atoms with Crippen molar-refractivity contribution >= 4 is 74.7 Å². The molecule has 0 fully saturated rings. The highest BCUT2D eigenvalue weighted by Gasteiger charge is 2.21. The van der Waals surface area contributed by atoms with Crippen LogP contribution in [0.15, 0.2) is 170 Å². The van der Waals surface area contributed by atoms with E-state index in [1.54, 1.807) is 0 Å². The summed E-state index contributed by atoms with van der Waals surface area (Å²) in [7, 11) is 0. The first-order valence-electron chi connectivity index (χ1n) is 17.7. The summed E-state index contributed by atoms with van der Waals surface area (Å²) in [6.07, 6.45) is 0. The maximum absolute atomic E-state index is 5.63. The second-order valence-electron chi connectivity index (χ2n) is 13.4. The lowest BCUT2D eigenvalue weighted by molar-refractivity contribution is 1.07. The Bertz CT molecular complexity index is 3130. The van der Waals surface area contributed by atoms with E-state index in [4.69, 9.17) is 19.9 Å². The summed E-state index contributed by atoms with van der Waals surface area (Å²) in [6, 6.07) is 59.6. The standard InChI is InChI=1S/C48H28N4S/c1-3-14-29(15-4-1)46-50-47(30-16-5-2-6-17-30)52-48(51-46)39-24-13-23-38-44(39)49-43(42-37-22-11-12-25-41(37)53-45(38)42)31-26-27-36-34-20-8-7-18-32(34)33-19-9-10-21-35(33)40(36)28-31/h1-28H. The summed E-state index contributed by atoms with van der Waals surface area (Å²) in [6.45, 7) is 0. The number of pyridine rings is 1. The van der Waals surface area contributed by atoms with Crippen molar-refractivity contribution < 1.29 is 0 Å². The molecule has 0 unspecified atom stereocenters. The highest BCUT2D eigenvalue weighted by atomic mass is 32.1. The summed E-state index contributed by atoms with van der Waals surface area (Å²) in [4.78, 5) is 20.8. The fourth-order valence-electron chi connectivity index (χ4n) is 7.86. The SMILES string of the molecule is c1ccc(-c2nc(-c3ccccc3)nc(-c3cccc4c3nc(-c3ccc5c6ccccc6c6ccccc6c5c3)c3c5ccccc5sc43)n2)cc1. The highest BCUT2D eigenvalue weighted by Crippen LogP contribution is 2.45. The van der Waals surface area contributed by atoms with E-state index in [9.17, 15) is 0 Å². The second-order valence-corrected chi connectivity index (χ2v) is 14.4. The molecule has 0 amide bonds. The fourth-order valence-corrected chi connectivity index (χ4v) is 9.09. The molecule has 0 N–H and O–H groups in total. The van der Waals surface area contributed by atoms with Gasteiger partial charge in [0.15, 0.2) is 17.5 Å². The third-order valence-corrected chi connectivity index (χ3v) is 11.5. The molecule has 246 valence electrons. The van der Waals surface area contributed by atoms with Gasteiger partial charge in [0.05, 0.1) is 11.2 Å². The Labute approximate surface area is 308 Å². The largest absolute Gasteiger partial charge is 0.246 e. The van der Waals surface area contributed by atoms with Gasteiger partial charge in [-0.25, -0.2) is 19.9 Å². The van der Waals surface area contributed by atoms with Gasteiger partial charge in [0.25, 0.3) is 0 Å². The molecule has 11 rings (SSSR count). The number of hydrogen-bond donors (Lipinski definition) is 0. The van der Waals surface area contributed by atoms with Crippen molar-refractivity contribution in [2.45, 2.75) is 0 Å². The third-order valence-electron chi connectivity index (χ3n) is 10.3. The van der Waals surface area contributed by atoms with Gasteiger partial charge in [0, 0.05) is 47.8 Å². The number of aromatic nitrogens is 4. The van der Waals surface area contributed by atoms with Crippen molar-refractivity contribution in [3.8, 4) is 45.4 Å². The quantitative estimate of drug-likeness (QED) is 0.172. The number of para-hydroxylation sites is 1. The van der Waals surface area contributed by atoms with Crippen LogP contribution >= 0.6 is 11.3 Å². The Morgan fingerprint density at radius 2 is 0.849 bits per heavy atom. The van der Waals surface area contributed by atoms with Crippen molar-refractivity contribution in [1.82, 2.24) is 19.9 Å². The average molecular weight is 693 g/mol. The minimum Gasteiger partial charge on any atom is -0.246 e. The van der Waals surface area contributed by atoms with Crippen LogP contribution < -0.4 is 0 Å². The van der Waals surface area contributed by atoms with E-state index in [0.717, 1.165) is 38.9 Å². The number of benzene rings is 8. The van der Waals surface area contributed by atoms with Crippen LogP contribution in [-0.4, -0.2) is 19.9 Å². The molecular weight excluding hydrogens is 665 g/mol. The predicted octanol–water partition coefficient (Wildman–Crippen LogP) is 12.9. The van der Waals surface area contributed by atoms with Gasteiger partial charge >= 0.3 is 0 Å². The first-order chi connectivity index (χ1) is 26.3. The molecular formula is C48H28N4S. The number of hydrogen-bond acceptors (Lipinski definition) is 5. The first kappa shape index (κ1) is 29.9. The zero-order valence-electron chi connectivity index (χ0n) is 28.4.